The number of thiophene rings is 1. The van der Waals surface area contributed by atoms with E-state index in [2.05, 4.69) is 5.32 Å². The Morgan fingerprint density at radius 3 is 2.44 bits per heavy atom. The largest absolute Gasteiger partial charge is 0.395 e. The number of carbonyl (C=O) groups is 2. The fourth-order valence-corrected chi connectivity index (χ4v) is 4.23. The van der Waals surface area contributed by atoms with Crippen molar-refractivity contribution in [2.75, 3.05) is 11.9 Å². The lowest BCUT2D eigenvalue weighted by Crippen LogP contribution is -2.34. The fourth-order valence-electron chi connectivity index (χ4n) is 1.75. The van der Waals surface area contributed by atoms with E-state index in [4.69, 9.17) is 5.73 Å². The topological polar surface area (TPSA) is 109 Å². The number of hydrogen-bond acceptors (Lipinski definition) is 5. The molecule has 0 saturated heterocycles. The number of primary amides is 1. The van der Waals surface area contributed by atoms with Gasteiger partial charge in [0, 0.05) is 4.90 Å². The zero-order valence-electron chi connectivity index (χ0n) is 13.5. The molecule has 25 heavy (non-hydrogen) atoms. The third-order valence-corrected chi connectivity index (χ3v) is 6.16. The number of halogens is 1. The lowest BCUT2D eigenvalue weighted by Gasteiger charge is -2.20. The summed E-state index contributed by atoms with van der Waals surface area (Å²) in [5.41, 5.74) is 4.29. The van der Waals surface area contributed by atoms with E-state index in [1.54, 1.807) is 0 Å². The van der Waals surface area contributed by atoms with E-state index < -0.39 is 33.8 Å². The molecule has 1 unspecified atom stereocenters. The average Bonchev–Trinajstić information content (AvgIpc) is 2.99. The Labute approximate surface area is 150 Å². The molecule has 134 valence electrons. The molecule has 0 saturated carbocycles. The number of hydrogen-bond donors (Lipinski definition) is 3. The molecule has 0 radical (unpaired) electrons. The second kappa shape index (κ2) is 7.42. The standard InChI is InChI=1S/C16H17FN2O4S2/c1-16(2,8-20)15(22)19-14-11(13(18)21)7-12(24-14)25(23)10-5-3-9(17)4-6-10/h3-7,20H,8H2,1-2H3,(H2,18,21)(H,19,22). The van der Waals surface area contributed by atoms with Crippen molar-refractivity contribution in [3.8, 4) is 0 Å². The quantitative estimate of drug-likeness (QED) is 0.708. The van der Waals surface area contributed by atoms with Crippen LogP contribution in [-0.2, 0) is 15.6 Å². The molecule has 0 aliphatic heterocycles. The third kappa shape index (κ3) is 4.30. The third-order valence-electron chi connectivity index (χ3n) is 3.42. The maximum atomic E-state index is 13.0. The molecule has 2 rings (SSSR count). The Hall–Kier alpha value is -2.10. The summed E-state index contributed by atoms with van der Waals surface area (Å²) in [7, 11) is -1.66. The molecule has 9 heteroatoms. The van der Waals surface area contributed by atoms with Gasteiger partial charge in [-0.2, -0.15) is 0 Å². The number of amides is 2. The summed E-state index contributed by atoms with van der Waals surface area (Å²) in [4.78, 5) is 24.2. The first-order valence-corrected chi connectivity index (χ1v) is 9.15. The van der Waals surface area contributed by atoms with Crippen molar-refractivity contribution in [3.05, 3.63) is 41.7 Å². The zero-order valence-corrected chi connectivity index (χ0v) is 15.2. The van der Waals surface area contributed by atoms with Crippen LogP contribution in [0.3, 0.4) is 0 Å². The van der Waals surface area contributed by atoms with Gasteiger partial charge in [0.2, 0.25) is 5.91 Å². The van der Waals surface area contributed by atoms with Gasteiger partial charge in [0.05, 0.1) is 32.6 Å². The van der Waals surface area contributed by atoms with Crippen LogP contribution in [0.5, 0.6) is 0 Å². The molecule has 1 atom stereocenters. The number of aliphatic hydroxyl groups excluding tert-OH is 1. The SMILES string of the molecule is CC(C)(CO)C(=O)Nc1sc(S(=O)c2ccc(F)cc2)cc1C(N)=O. The predicted octanol–water partition coefficient (Wildman–Crippen LogP) is 2.11. The number of aliphatic hydroxyl groups is 1. The van der Waals surface area contributed by atoms with Crippen molar-refractivity contribution in [2.45, 2.75) is 23.0 Å². The number of anilines is 1. The van der Waals surface area contributed by atoms with Crippen LogP contribution >= 0.6 is 11.3 Å². The smallest absolute Gasteiger partial charge is 0.251 e. The number of nitrogens with one attached hydrogen (secondary N) is 1. The average molecular weight is 384 g/mol. The maximum absolute atomic E-state index is 13.0. The van der Waals surface area contributed by atoms with E-state index in [1.165, 1.54) is 44.2 Å². The number of benzene rings is 1. The molecule has 0 aliphatic carbocycles. The molecule has 0 aliphatic rings. The van der Waals surface area contributed by atoms with Gasteiger partial charge < -0.3 is 16.2 Å². The molecule has 1 aromatic heterocycles. The van der Waals surface area contributed by atoms with Gasteiger partial charge in [-0.05, 0) is 44.2 Å². The Morgan fingerprint density at radius 2 is 1.92 bits per heavy atom. The Kier molecular flexibility index (Phi) is 5.71. The Bertz CT molecular complexity index is 831. The first-order chi connectivity index (χ1) is 11.7. The van der Waals surface area contributed by atoms with Crippen molar-refractivity contribution in [2.24, 2.45) is 11.1 Å². The van der Waals surface area contributed by atoms with Crippen molar-refractivity contribution in [1.82, 2.24) is 0 Å². The first kappa shape index (κ1) is 19.2. The second-order valence-electron chi connectivity index (χ2n) is 5.89. The van der Waals surface area contributed by atoms with E-state index in [0.29, 0.717) is 4.90 Å². The number of nitrogens with two attached hydrogens (primary N) is 1. The molecule has 0 spiro atoms. The van der Waals surface area contributed by atoms with Crippen molar-refractivity contribution < 1.29 is 23.3 Å². The molecule has 1 aromatic carbocycles. The summed E-state index contributed by atoms with van der Waals surface area (Å²) >= 11 is 0.942. The van der Waals surface area contributed by atoms with Crippen molar-refractivity contribution >= 4 is 39.0 Å². The van der Waals surface area contributed by atoms with Crippen LogP contribution in [0.2, 0.25) is 0 Å². The minimum atomic E-state index is -1.66. The highest BCUT2D eigenvalue weighted by Crippen LogP contribution is 2.33. The lowest BCUT2D eigenvalue weighted by atomic mass is 9.94. The van der Waals surface area contributed by atoms with Gasteiger partial charge in [-0.3, -0.25) is 9.59 Å². The van der Waals surface area contributed by atoms with Gasteiger partial charge >= 0.3 is 0 Å². The highest BCUT2D eigenvalue weighted by Gasteiger charge is 2.29. The van der Waals surface area contributed by atoms with Gasteiger partial charge in [-0.25, -0.2) is 8.60 Å². The maximum Gasteiger partial charge on any atom is 0.251 e. The van der Waals surface area contributed by atoms with Gasteiger partial charge in [-0.15, -0.1) is 11.3 Å². The van der Waals surface area contributed by atoms with E-state index in [-0.39, 0.29) is 21.4 Å². The van der Waals surface area contributed by atoms with Crippen LogP contribution in [0, 0.1) is 11.2 Å². The summed E-state index contributed by atoms with van der Waals surface area (Å²) in [5.74, 6) is -1.74. The number of rotatable bonds is 6. The fraction of sp³-hybridized carbons (Fsp3) is 0.250. The molecule has 4 N–H and O–H groups in total. The molecule has 2 amide bonds. The van der Waals surface area contributed by atoms with Crippen LogP contribution in [0.25, 0.3) is 0 Å². The summed E-state index contributed by atoms with van der Waals surface area (Å²) in [6, 6.07) is 6.46. The predicted molar refractivity (Wildman–Crippen MR) is 93.4 cm³/mol. The van der Waals surface area contributed by atoms with E-state index >= 15 is 0 Å². The summed E-state index contributed by atoms with van der Waals surface area (Å²) in [5, 5.41) is 12.0. The van der Waals surface area contributed by atoms with Crippen LogP contribution in [0.4, 0.5) is 9.39 Å². The van der Waals surface area contributed by atoms with Gasteiger partial charge in [0.15, 0.2) is 0 Å². The Morgan fingerprint density at radius 1 is 1.32 bits per heavy atom. The van der Waals surface area contributed by atoms with Gasteiger partial charge in [0.25, 0.3) is 5.91 Å². The molecule has 2 aromatic rings. The molecule has 0 fully saturated rings. The minimum absolute atomic E-state index is 0.0255. The van der Waals surface area contributed by atoms with E-state index in [1.807, 2.05) is 0 Å². The van der Waals surface area contributed by atoms with E-state index in [9.17, 15) is 23.3 Å². The second-order valence-corrected chi connectivity index (χ2v) is 8.65. The monoisotopic (exact) mass is 384 g/mol. The Balaban J connectivity index is 2.36. The van der Waals surface area contributed by atoms with Crippen LogP contribution in [0.15, 0.2) is 39.4 Å². The van der Waals surface area contributed by atoms with Crippen molar-refractivity contribution in [3.63, 3.8) is 0 Å². The van der Waals surface area contributed by atoms with Crippen LogP contribution in [0.1, 0.15) is 24.2 Å². The van der Waals surface area contributed by atoms with Crippen LogP contribution < -0.4 is 11.1 Å². The van der Waals surface area contributed by atoms with E-state index in [0.717, 1.165) is 11.3 Å². The normalized spacial score (nSPS) is 12.6. The minimum Gasteiger partial charge on any atom is -0.395 e. The number of carbonyl (C=O) groups excluding carboxylic acids is 2. The molecule has 6 nitrogen and oxygen atoms in total. The van der Waals surface area contributed by atoms with Crippen molar-refractivity contribution in [1.29, 1.82) is 0 Å². The molecular formula is C16H17FN2O4S2. The first-order valence-electron chi connectivity index (χ1n) is 7.19. The molecule has 1 heterocycles. The van der Waals surface area contributed by atoms with Gasteiger partial charge in [-0.1, -0.05) is 0 Å². The lowest BCUT2D eigenvalue weighted by molar-refractivity contribution is -0.125. The van der Waals surface area contributed by atoms with Gasteiger partial charge in [0.1, 0.15) is 10.8 Å². The zero-order chi connectivity index (χ0) is 18.8. The molecule has 0 bridgehead atoms. The molecular weight excluding hydrogens is 367 g/mol. The summed E-state index contributed by atoms with van der Waals surface area (Å²) in [6.07, 6.45) is 0. The summed E-state index contributed by atoms with van der Waals surface area (Å²) in [6.45, 7) is 2.69. The highest BCUT2D eigenvalue weighted by molar-refractivity contribution is 7.87. The van der Waals surface area contributed by atoms with Crippen LogP contribution in [-0.4, -0.2) is 27.7 Å². The highest BCUT2D eigenvalue weighted by atomic mass is 32.2. The summed E-state index contributed by atoms with van der Waals surface area (Å²) < 4.78 is 25.9.